The van der Waals surface area contributed by atoms with Crippen LogP contribution in [0.25, 0.3) is 0 Å². The highest BCUT2D eigenvalue weighted by Gasteiger charge is 2.23. The Morgan fingerprint density at radius 1 is 0.975 bits per heavy atom. The highest BCUT2D eigenvalue weighted by atomic mass is 79.9. The first-order valence-electron chi connectivity index (χ1n) is 15.1. The molecule has 9 heteroatoms. The van der Waals surface area contributed by atoms with Crippen molar-refractivity contribution in [1.29, 1.82) is 0 Å². The van der Waals surface area contributed by atoms with Gasteiger partial charge in [-0.05, 0) is 59.4 Å². The molecule has 1 aromatic rings. The standard InChI is InChI=1S/C31H49BrN2O6/c1-4-6-7-8-9-10-14-17-29(36)40-27(21-38-23(3)35)22-39-31(37)24-18-25(30(33)28(32)19-24)20-34(5-2)26-15-12-11-13-16-26/h18-19,26-27H,4-17,20-22,33H2,1-3H3. The molecule has 1 atom stereocenters. The molecule has 0 bridgehead atoms. The van der Waals surface area contributed by atoms with Crippen LogP contribution in [0.4, 0.5) is 5.69 Å². The number of anilines is 1. The summed E-state index contributed by atoms with van der Waals surface area (Å²) in [6.45, 7) is 6.78. The molecule has 40 heavy (non-hydrogen) atoms. The normalized spacial score (nSPS) is 14.6. The van der Waals surface area contributed by atoms with E-state index in [4.69, 9.17) is 19.9 Å². The topological polar surface area (TPSA) is 108 Å². The maximum Gasteiger partial charge on any atom is 0.338 e. The van der Waals surface area contributed by atoms with Crippen molar-refractivity contribution >= 4 is 39.5 Å². The summed E-state index contributed by atoms with van der Waals surface area (Å²) in [5.74, 6) is -1.44. The second-order valence-corrected chi connectivity index (χ2v) is 11.6. The van der Waals surface area contributed by atoms with Gasteiger partial charge in [-0.2, -0.15) is 0 Å². The fourth-order valence-corrected chi connectivity index (χ4v) is 5.64. The van der Waals surface area contributed by atoms with Crippen LogP contribution in [0.3, 0.4) is 0 Å². The average molecular weight is 626 g/mol. The maximum atomic E-state index is 13.0. The van der Waals surface area contributed by atoms with Gasteiger partial charge in [-0.15, -0.1) is 0 Å². The Morgan fingerprint density at radius 3 is 2.27 bits per heavy atom. The van der Waals surface area contributed by atoms with Gasteiger partial charge in [0.15, 0.2) is 6.10 Å². The second-order valence-electron chi connectivity index (χ2n) is 10.8. The SMILES string of the molecule is CCCCCCCCCC(=O)OC(COC(C)=O)COC(=O)c1cc(Br)c(N)c(CN(CC)C2CCCCC2)c1. The molecule has 2 rings (SSSR count). The van der Waals surface area contributed by atoms with E-state index in [2.05, 4.69) is 34.7 Å². The lowest BCUT2D eigenvalue weighted by Crippen LogP contribution is -2.36. The van der Waals surface area contributed by atoms with Crippen molar-refractivity contribution in [3.63, 3.8) is 0 Å². The molecule has 1 fully saturated rings. The van der Waals surface area contributed by atoms with Gasteiger partial charge >= 0.3 is 17.9 Å². The molecule has 1 aliphatic carbocycles. The number of hydrogen-bond acceptors (Lipinski definition) is 8. The number of nitrogen functional groups attached to an aromatic ring is 1. The van der Waals surface area contributed by atoms with Crippen molar-refractivity contribution in [2.75, 3.05) is 25.5 Å². The molecule has 2 N–H and O–H groups in total. The first kappa shape index (κ1) is 34.1. The second kappa shape index (κ2) is 19.1. The number of esters is 3. The molecule has 0 heterocycles. The van der Waals surface area contributed by atoms with Crippen LogP contribution in [0, 0.1) is 0 Å². The van der Waals surface area contributed by atoms with Crippen LogP contribution in [-0.4, -0.2) is 54.7 Å². The summed E-state index contributed by atoms with van der Waals surface area (Å²) in [6.07, 6.45) is 13.2. The first-order valence-corrected chi connectivity index (χ1v) is 15.9. The molecule has 1 unspecified atom stereocenters. The molecule has 8 nitrogen and oxygen atoms in total. The van der Waals surface area contributed by atoms with Crippen LogP contribution in [-0.2, 0) is 30.3 Å². The van der Waals surface area contributed by atoms with Gasteiger partial charge in [0.05, 0.1) is 11.3 Å². The highest BCUT2D eigenvalue weighted by molar-refractivity contribution is 9.10. The minimum absolute atomic E-state index is 0.172. The van der Waals surface area contributed by atoms with Crippen LogP contribution in [0.1, 0.15) is 120 Å². The van der Waals surface area contributed by atoms with Crippen LogP contribution >= 0.6 is 15.9 Å². The van der Waals surface area contributed by atoms with Crippen LogP contribution in [0.5, 0.6) is 0 Å². The fourth-order valence-electron chi connectivity index (χ4n) is 5.14. The molecule has 0 saturated heterocycles. The van der Waals surface area contributed by atoms with Crippen LogP contribution in [0.15, 0.2) is 16.6 Å². The molecular weight excluding hydrogens is 576 g/mol. The minimum atomic E-state index is -0.872. The molecule has 0 aromatic heterocycles. The van der Waals surface area contributed by atoms with Gasteiger partial charge in [0, 0.05) is 30.4 Å². The molecule has 1 saturated carbocycles. The number of nitrogens with zero attached hydrogens (tertiary/aromatic N) is 1. The number of carbonyl (C=O) groups is 3. The Morgan fingerprint density at radius 2 is 1.62 bits per heavy atom. The number of rotatable bonds is 18. The van der Waals surface area contributed by atoms with E-state index in [-0.39, 0.29) is 25.6 Å². The smallest absolute Gasteiger partial charge is 0.338 e. The molecule has 1 aliphatic rings. The third-order valence-electron chi connectivity index (χ3n) is 7.48. The zero-order valence-corrected chi connectivity index (χ0v) is 26.3. The Balaban J connectivity index is 1.95. The Labute approximate surface area is 248 Å². The van der Waals surface area contributed by atoms with E-state index >= 15 is 0 Å². The number of hydrogen-bond donors (Lipinski definition) is 1. The Hall–Kier alpha value is -2.13. The van der Waals surface area contributed by atoms with E-state index in [0.717, 1.165) is 31.4 Å². The van der Waals surface area contributed by atoms with Crippen molar-refractivity contribution in [2.45, 2.75) is 123 Å². The molecule has 226 valence electrons. The van der Waals surface area contributed by atoms with E-state index < -0.39 is 18.0 Å². The summed E-state index contributed by atoms with van der Waals surface area (Å²) < 4.78 is 16.7. The monoisotopic (exact) mass is 624 g/mol. The Kier molecular flexibility index (Phi) is 16.2. The van der Waals surface area contributed by atoms with E-state index in [0.29, 0.717) is 28.3 Å². The highest BCUT2D eigenvalue weighted by Crippen LogP contribution is 2.30. The van der Waals surface area contributed by atoms with E-state index in [9.17, 15) is 14.4 Å². The molecule has 0 spiro atoms. The lowest BCUT2D eigenvalue weighted by Gasteiger charge is -2.34. The van der Waals surface area contributed by atoms with Crippen molar-refractivity contribution in [1.82, 2.24) is 4.90 Å². The van der Waals surface area contributed by atoms with Gasteiger partial charge in [0.1, 0.15) is 13.2 Å². The average Bonchev–Trinajstić information content (AvgIpc) is 2.94. The number of carbonyl (C=O) groups excluding carboxylic acids is 3. The minimum Gasteiger partial charge on any atom is -0.462 e. The molecule has 0 amide bonds. The third-order valence-corrected chi connectivity index (χ3v) is 8.13. The predicted molar refractivity (Wildman–Crippen MR) is 161 cm³/mol. The summed E-state index contributed by atoms with van der Waals surface area (Å²) in [6, 6.07) is 3.94. The van der Waals surface area contributed by atoms with Gasteiger partial charge in [-0.1, -0.05) is 71.6 Å². The third kappa shape index (κ3) is 12.6. The van der Waals surface area contributed by atoms with Gasteiger partial charge in [-0.3, -0.25) is 14.5 Å². The lowest BCUT2D eigenvalue weighted by molar-refractivity contribution is -0.160. The van der Waals surface area contributed by atoms with Crippen molar-refractivity contribution in [3.05, 3.63) is 27.7 Å². The Bertz CT molecular complexity index is 935. The largest absolute Gasteiger partial charge is 0.462 e. The van der Waals surface area contributed by atoms with Gasteiger partial charge in [0.25, 0.3) is 0 Å². The molecule has 0 radical (unpaired) electrons. The summed E-state index contributed by atoms with van der Waals surface area (Å²) in [5.41, 5.74) is 8.21. The van der Waals surface area contributed by atoms with Crippen molar-refractivity contribution in [3.8, 4) is 0 Å². The van der Waals surface area contributed by atoms with Crippen LogP contribution in [0.2, 0.25) is 0 Å². The number of nitrogens with two attached hydrogens (primary N) is 1. The quantitative estimate of drug-likeness (QED) is 0.0808. The fraction of sp³-hybridized carbons (Fsp3) is 0.710. The van der Waals surface area contributed by atoms with E-state index in [1.807, 2.05) is 0 Å². The number of unbranched alkanes of at least 4 members (excludes halogenated alkanes) is 6. The van der Waals surface area contributed by atoms with Crippen molar-refractivity contribution < 1.29 is 28.6 Å². The summed E-state index contributed by atoms with van der Waals surface area (Å²) >= 11 is 3.50. The zero-order chi connectivity index (χ0) is 29.3. The summed E-state index contributed by atoms with van der Waals surface area (Å²) in [4.78, 5) is 39.2. The maximum absolute atomic E-state index is 13.0. The summed E-state index contributed by atoms with van der Waals surface area (Å²) in [7, 11) is 0. The molecule has 0 aliphatic heterocycles. The predicted octanol–water partition coefficient (Wildman–Crippen LogP) is 6.96. The van der Waals surface area contributed by atoms with Crippen LogP contribution < -0.4 is 5.73 Å². The van der Waals surface area contributed by atoms with Gasteiger partial charge in [0.2, 0.25) is 0 Å². The number of ether oxygens (including phenoxy) is 3. The molecular formula is C31H49BrN2O6. The first-order chi connectivity index (χ1) is 19.2. The number of halogens is 1. The molecule has 1 aromatic carbocycles. The lowest BCUT2D eigenvalue weighted by atomic mass is 9.93. The van der Waals surface area contributed by atoms with E-state index in [1.165, 1.54) is 64.7 Å². The number of benzene rings is 1. The van der Waals surface area contributed by atoms with Crippen molar-refractivity contribution in [2.24, 2.45) is 0 Å². The van der Waals surface area contributed by atoms with Gasteiger partial charge < -0.3 is 19.9 Å². The van der Waals surface area contributed by atoms with Gasteiger partial charge in [-0.25, -0.2) is 4.79 Å². The summed E-state index contributed by atoms with van der Waals surface area (Å²) in [5, 5.41) is 0. The van der Waals surface area contributed by atoms with E-state index in [1.54, 1.807) is 12.1 Å². The zero-order valence-electron chi connectivity index (χ0n) is 24.7.